The summed E-state index contributed by atoms with van der Waals surface area (Å²) in [4.78, 5) is 50.9. The van der Waals surface area contributed by atoms with Gasteiger partial charge in [-0.1, -0.05) is 6.07 Å². The molecule has 4 amide bonds. The van der Waals surface area contributed by atoms with Crippen LogP contribution in [0.3, 0.4) is 0 Å². The Hall–Kier alpha value is -3.75. The van der Waals surface area contributed by atoms with Gasteiger partial charge in [0.1, 0.15) is 17.8 Å². The quantitative estimate of drug-likeness (QED) is 0.520. The van der Waals surface area contributed by atoms with Gasteiger partial charge in [0.15, 0.2) is 0 Å². The second-order valence-electron chi connectivity index (χ2n) is 8.58. The normalized spacial score (nSPS) is 20.2. The number of anilines is 1. The van der Waals surface area contributed by atoms with E-state index in [0.717, 1.165) is 30.8 Å². The van der Waals surface area contributed by atoms with Crippen molar-refractivity contribution in [3.63, 3.8) is 0 Å². The molecule has 0 spiro atoms. The number of nitrogens with zero attached hydrogens (tertiary/aromatic N) is 4. The first-order chi connectivity index (χ1) is 16.5. The zero-order chi connectivity index (χ0) is 23.8. The highest BCUT2D eigenvalue weighted by molar-refractivity contribution is 6.25. The molecule has 1 aromatic heterocycles. The number of imide groups is 2. The summed E-state index contributed by atoms with van der Waals surface area (Å²) in [7, 11) is 0. The van der Waals surface area contributed by atoms with Gasteiger partial charge in [-0.05, 0) is 44.5 Å². The summed E-state index contributed by atoms with van der Waals surface area (Å²) in [5.74, 6) is -2.21. The van der Waals surface area contributed by atoms with E-state index in [0.29, 0.717) is 16.9 Å². The molecular formula is C23H24ClN7O4. The molecule has 182 valence electrons. The summed E-state index contributed by atoms with van der Waals surface area (Å²) >= 11 is 0. The topological polar surface area (TPSA) is 149 Å². The fourth-order valence-electron chi connectivity index (χ4n) is 4.83. The summed E-state index contributed by atoms with van der Waals surface area (Å²) in [6, 6.07) is 6.26. The first-order valence-electron chi connectivity index (χ1n) is 11.2. The summed E-state index contributed by atoms with van der Waals surface area (Å²) in [6.45, 7) is 1.99. The van der Waals surface area contributed by atoms with Gasteiger partial charge < -0.3 is 10.6 Å². The van der Waals surface area contributed by atoms with Gasteiger partial charge in [0.2, 0.25) is 11.8 Å². The molecule has 12 heteroatoms. The largest absolute Gasteiger partial charge is 0.380 e. The number of halogens is 1. The van der Waals surface area contributed by atoms with E-state index in [9.17, 15) is 24.4 Å². The van der Waals surface area contributed by atoms with Gasteiger partial charge in [0.05, 0.1) is 23.4 Å². The molecule has 3 N–H and O–H groups in total. The van der Waals surface area contributed by atoms with E-state index in [-0.39, 0.29) is 49.0 Å². The van der Waals surface area contributed by atoms with Gasteiger partial charge in [0, 0.05) is 24.2 Å². The van der Waals surface area contributed by atoms with Crippen LogP contribution in [0.4, 0.5) is 5.69 Å². The van der Waals surface area contributed by atoms with Crippen molar-refractivity contribution in [1.29, 1.82) is 5.26 Å². The van der Waals surface area contributed by atoms with Crippen LogP contribution in [0.1, 0.15) is 63.7 Å². The molecule has 1 aromatic carbocycles. The van der Waals surface area contributed by atoms with Crippen molar-refractivity contribution >= 4 is 41.7 Å². The minimum Gasteiger partial charge on any atom is -0.380 e. The smallest absolute Gasteiger partial charge is 0.264 e. The SMILES string of the molecule is Cl.N#Cc1c(CNc2cccc3c2C(=O)N(C2CCC(=O)NC2=O)C3=O)cnn1C1CCNCC1. The molecule has 2 fully saturated rings. The average molecular weight is 498 g/mol. The van der Waals surface area contributed by atoms with Crippen LogP contribution >= 0.6 is 12.4 Å². The predicted octanol–water partition coefficient (Wildman–Crippen LogP) is 1.11. The Labute approximate surface area is 207 Å². The van der Waals surface area contributed by atoms with Gasteiger partial charge in [-0.15, -0.1) is 12.4 Å². The lowest BCUT2D eigenvalue weighted by atomic mass is 10.0. The molecule has 3 aliphatic rings. The minimum absolute atomic E-state index is 0. The fourth-order valence-corrected chi connectivity index (χ4v) is 4.83. The molecule has 1 atom stereocenters. The van der Waals surface area contributed by atoms with Gasteiger partial charge in [-0.25, -0.2) is 0 Å². The maximum atomic E-state index is 13.2. The molecule has 0 aliphatic carbocycles. The van der Waals surface area contributed by atoms with Crippen molar-refractivity contribution in [2.45, 2.75) is 44.3 Å². The highest BCUT2D eigenvalue weighted by Gasteiger charge is 2.45. The standard InChI is InChI=1S/C23H23N7O4.ClH/c24-10-18-13(12-27-30(18)14-6-8-25-9-7-14)11-26-16-3-1-2-15-20(16)23(34)29(22(15)33)17-4-5-19(31)28-21(17)32;/h1-3,12,14,17,25-26H,4-9,11H2,(H,28,31,32);1H. The fraction of sp³-hybridized carbons (Fsp3) is 0.391. The van der Waals surface area contributed by atoms with E-state index in [1.54, 1.807) is 29.1 Å². The molecule has 4 heterocycles. The van der Waals surface area contributed by atoms with Crippen LogP contribution in [0.2, 0.25) is 0 Å². The Morgan fingerprint density at radius 2 is 1.89 bits per heavy atom. The zero-order valence-corrected chi connectivity index (χ0v) is 19.6. The lowest BCUT2D eigenvalue weighted by molar-refractivity contribution is -0.136. The maximum absolute atomic E-state index is 13.2. The van der Waals surface area contributed by atoms with Gasteiger partial charge in [0.25, 0.3) is 11.8 Å². The number of piperidine rings is 2. The van der Waals surface area contributed by atoms with E-state index in [4.69, 9.17) is 0 Å². The predicted molar refractivity (Wildman–Crippen MR) is 126 cm³/mol. The number of benzene rings is 1. The van der Waals surface area contributed by atoms with Crippen LogP contribution in [0.15, 0.2) is 24.4 Å². The van der Waals surface area contributed by atoms with Gasteiger partial charge in [-0.3, -0.25) is 34.1 Å². The monoisotopic (exact) mass is 497 g/mol. The van der Waals surface area contributed by atoms with Crippen molar-refractivity contribution in [2.24, 2.45) is 0 Å². The number of carbonyl (C=O) groups excluding carboxylic acids is 4. The van der Waals surface area contributed by atoms with E-state index < -0.39 is 29.7 Å². The van der Waals surface area contributed by atoms with Crippen LogP contribution in [0.5, 0.6) is 0 Å². The third-order valence-corrected chi connectivity index (χ3v) is 6.57. The van der Waals surface area contributed by atoms with Crippen molar-refractivity contribution < 1.29 is 19.2 Å². The first kappa shape index (κ1) is 24.4. The molecule has 0 saturated carbocycles. The Kier molecular flexibility index (Phi) is 6.86. The Bertz CT molecular complexity index is 1240. The lowest BCUT2D eigenvalue weighted by Crippen LogP contribution is -2.54. The molecule has 0 radical (unpaired) electrons. The minimum atomic E-state index is -1.02. The van der Waals surface area contributed by atoms with Crippen LogP contribution < -0.4 is 16.0 Å². The third-order valence-electron chi connectivity index (χ3n) is 6.57. The molecule has 2 aromatic rings. The maximum Gasteiger partial charge on any atom is 0.264 e. The number of amides is 4. The van der Waals surface area contributed by atoms with E-state index in [1.807, 2.05) is 0 Å². The number of hydrogen-bond donors (Lipinski definition) is 3. The number of nitriles is 1. The number of aromatic nitrogens is 2. The van der Waals surface area contributed by atoms with Crippen LogP contribution in [-0.2, 0) is 16.1 Å². The summed E-state index contributed by atoms with van der Waals surface area (Å²) in [6.07, 6.45) is 3.59. The van der Waals surface area contributed by atoms with Gasteiger partial charge >= 0.3 is 0 Å². The number of hydrogen-bond acceptors (Lipinski definition) is 8. The highest BCUT2D eigenvalue weighted by Crippen LogP contribution is 2.33. The van der Waals surface area contributed by atoms with Crippen molar-refractivity contribution in [3.8, 4) is 6.07 Å². The molecule has 2 saturated heterocycles. The van der Waals surface area contributed by atoms with E-state index in [1.165, 1.54) is 0 Å². The number of rotatable bonds is 5. The Balaban J connectivity index is 0.00000289. The summed E-state index contributed by atoms with van der Waals surface area (Å²) in [5.41, 5.74) is 1.98. The van der Waals surface area contributed by atoms with Crippen LogP contribution in [0.25, 0.3) is 0 Å². The first-order valence-corrected chi connectivity index (χ1v) is 11.2. The summed E-state index contributed by atoms with van der Waals surface area (Å²) in [5, 5.41) is 22.8. The third kappa shape index (κ3) is 4.26. The van der Waals surface area contributed by atoms with E-state index in [2.05, 4.69) is 27.1 Å². The Morgan fingerprint density at radius 3 is 2.60 bits per heavy atom. The van der Waals surface area contributed by atoms with Crippen LogP contribution in [-0.4, -0.2) is 57.4 Å². The number of fused-ring (bicyclic) bond motifs is 1. The van der Waals surface area contributed by atoms with Crippen molar-refractivity contribution in [1.82, 2.24) is 25.3 Å². The zero-order valence-electron chi connectivity index (χ0n) is 18.7. The second-order valence-corrected chi connectivity index (χ2v) is 8.58. The van der Waals surface area contributed by atoms with Crippen LogP contribution in [0, 0.1) is 11.3 Å². The molecule has 0 bridgehead atoms. The molecular weight excluding hydrogens is 474 g/mol. The molecule has 35 heavy (non-hydrogen) atoms. The van der Waals surface area contributed by atoms with Crippen molar-refractivity contribution in [2.75, 3.05) is 18.4 Å². The molecule has 3 aliphatic heterocycles. The highest BCUT2D eigenvalue weighted by atomic mass is 35.5. The van der Waals surface area contributed by atoms with E-state index >= 15 is 0 Å². The molecule has 11 nitrogen and oxygen atoms in total. The average Bonchev–Trinajstić information content (AvgIpc) is 3.37. The number of carbonyl (C=O) groups is 4. The Morgan fingerprint density at radius 1 is 1.11 bits per heavy atom. The molecule has 1 unspecified atom stereocenters. The lowest BCUT2D eigenvalue weighted by Gasteiger charge is -2.27. The van der Waals surface area contributed by atoms with Gasteiger partial charge in [-0.2, -0.15) is 10.4 Å². The number of nitrogens with one attached hydrogen (secondary N) is 3. The molecule has 5 rings (SSSR count). The van der Waals surface area contributed by atoms with Crippen molar-refractivity contribution in [3.05, 3.63) is 46.8 Å². The summed E-state index contributed by atoms with van der Waals surface area (Å²) < 4.78 is 1.77. The second kappa shape index (κ2) is 9.85.